The van der Waals surface area contributed by atoms with Crippen LogP contribution in [0.15, 0.2) is 59.6 Å². The number of anilines is 2. The lowest BCUT2D eigenvalue weighted by Gasteiger charge is -2.32. The van der Waals surface area contributed by atoms with E-state index in [0.29, 0.717) is 35.8 Å². The quantitative estimate of drug-likeness (QED) is 0.247. The van der Waals surface area contributed by atoms with Crippen molar-refractivity contribution in [2.24, 2.45) is 0 Å². The number of carbonyl (C=O) groups excluding carboxylic acids is 2. The van der Waals surface area contributed by atoms with Crippen LogP contribution in [-0.4, -0.2) is 55.8 Å². The predicted molar refractivity (Wildman–Crippen MR) is 175 cm³/mol. The number of rotatable bonds is 8. The summed E-state index contributed by atoms with van der Waals surface area (Å²) in [4.78, 5) is 32.3. The third kappa shape index (κ3) is 9.66. The van der Waals surface area contributed by atoms with Gasteiger partial charge in [0.2, 0.25) is 10.0 Å². The number of aromatic nitrogens is 1. The fourth-order valence-electron chi connectivity index (χ4n) is 4.66. The second kappa shape index (κ2) is 13.5. The largest absolute Gasteiger partial charge is 0.444 e. The van der Waals surface area contributed by atoms with Crippen LogP contribution in [0.1, 0.15) is 59.9 Å². The van der Waals surface area contributed by atoms with Gasteiger partial charge < -0.3 is 25.6 Å². The monoisotopic (exact) mass is 642 g/mol. The van der Waals surface area contributed by atoms with Crippen molar-refractivity contribution in [1.29, 1.82) is 0 Å². The molecular weight excluding hydrogens is 601 g/mol. The minimum Gasteiger partial charge on any atom is -0.444 e. The van der Waals surface area contributed by atoms with Gasteiger partial charge in [-0.2, -0.15) is 0 Å². The summed E-state index contributed by atoms with van der Waals surface area (Å²) in [5.74, 6) is 0. The number of benzene rings is 2. The molecule has 1 aliphatic heterocycles. The Morgan fingerprint density at radius 1 is 1.02 bits per heavy atom. The van der Waals surface area contributed by atoms with E-state index in [4.69, 9.17) is 4.74 Å². The van der Waals surface area contributed by atoms with E-state index in [9.17, 15) is 18.0 Å². The molecule has 1 aromatic heterocycles. The Morgan fingerprint density at radius 3 is 2.34 bits per heavy atom. The zero-order chi connectivity index (χ0) is 32.1. The summed E-state index contributed by atoms with van der Waals surface area (Å²) < 4.78 is 35.3. The molecule has 238 valence electrons. The molecule has 44 heavy (non-hydrogen) atoms. The van der Waals surface area contributed by atoms with Gasteiger partial charge in [-0.3, -0.25) is 0 Å². The van der Waals surface area contributed by atoms with Gasteiger partial charge >= 0.3 is 12.1 Å². The SMILES string of the molecule is CC(C)(C)NS(=O)(=O)c1cc(NC(=O)NCc2ccccc2)ccc1-c1cnc(N2CCC(NC(=O)OC(C)(C)C)CC2)s1. The van der Waals surface area contributed by atoms with Crippen LogP contribution in [0, 0.1) is 0 Å². The van der Waals surface area contributed by atoms with E-state index in [-0.39, 0.29) is 10.9 Å². The first-order chi connectivity index (χ1) is 20.6. The Kier molecular flexibility index (Phi) is 10.2. The van der Waals surface area contributed by atoms with E-state index in [1.807, 2.05) is 51.1 Å². The molecule has 0 unspecified atom stereocenters. The number of alkyl carbamates (subject to hydrolysis) is 1. The Hall–Kier alpha value is -3.68. The Labute approximate surface area is 263 Å². The zero-order valence-electron chi connectivity index (χ0n) is 26.1. The van der Waals surface area contributed by atoms with Gasteiger partial charge in [0.25, 0.3) is 0 Å². The first-order valence-electron chi connectivity index (χ1n) is 14.6. The standard InChI is InChI=1S/C31H42N6O5S2/c1-30(2,3)36-44(40,41)26-18-23(34-27(38)32-19-21-10-8-7-9-11-21)12-13-24(26)25-20-33-28(43-25)37-16-14-22(15-17-37)35-29(39)42-31(4,5)6/h7-13,18,20,22,36H,14-17,19H2,1-6H3,(H,35,39)(H2,32,34,38). The molecule has 4 rings (SSSR count). The van der Waals surface area contributed by atoms with Crippen LogP contribution in [0.5, 0.6) is 0 Å². The van der Waals surface area contributed by atoms with Crippen LogP contribution < -0.4 is 25.6 Å². The van der Waals surface area contributed by atoms with E-state index in [2.05, 4.69) is 30.6 Å². The lowest BCUT2D eigenvalue weighted by Crippen LogP contribution is -2.46. The molecule has 3 aromatic rings. The molecule has 0 spiro atoms. The molecule has 0 aliphatic carbocycles. The molecule has 2 aromatic carbocycles. The van der Waals surface area contributed by atoms with Gasteiger partial charge in [0.05, 0.1) is 9.77 Å². The highest BCUT2D eigenvalue weighted by Crippen LogP contribution is 2.37. The fraction of sp³-hybridized carbons (Fsp3) is 0.452. The summed E-state index contributed by atoms with van der Waals surface area (Å²) in [5.41, 5.74) is 0.503. The second-order valence-corrected chi connectivity index (χ2v) is 15.4. The first kappa shape index (κ1) is 33.2. The average Bonchev–Trinajstić information content (AvgIpc) is 3.41. The number of carbonyl (C=O) groups is 2. The molecule has 0 atom stereocenters. The molecule has 13 heteroatoms. The van der Waals surface area contributed by atoms with Crippen LogP contribution in [0.4, 0.5) is 20.4 Å². The Morgan fingerprint density at radius 2 is 1.70 bits per heavy atom. The Balaban J connectivity index is 1.49. The van der Waals surface area contributed by atoms with Crippen LogP contribution in [0.3, 0.4) is 0 Å². The first-order valence-corrected chi connectivity index (χ1v) is 16.9. The molecule has 3 amide bonds. The highest BCUT2D eigenvalue weighted by atomic mass is 32.2. The second-order valence-electron chi connectivity index (χ2n) is 12.8. The van der Waals surface area contributed by atoms with Crippen molar-refractivity contribution < 1.29 is 22.7 Å². The van der Waals surface area contributed by atoms with Crippen molar-refractivity contribution in [2.75, 3.05) is 23.3 Å². The Bertz CT molecular complexity index is 1550. The van der Waals surface area contributed by atoms with Crippen LogP contribution in [0.25, 0.3) is 10.4 Å². The molecule has 1 saturated heterocycles. The summed E-state index contributed by atoms with van der Waals surface area (Å²) in [6.45, 7) is 12.5. The van der Waals surface area contributed by atoms with Crippen molar-refractivity contribution in [3.63, 3.8) is 0 Å². The van der Waals surface area contributed by atoms with E-state index >= 15 is 0 Å². The number of hydrogen-bond acceptors (Lipinski definition) is 8. The van der Waals surface area contributed by atoms with Crippen molar-refractivity contribution in [1.82, 2.24) is 20.3 Å². The number of sulfonamides is 1. The summed E-state index contributed by atoms with van der Waals surface area (Å²) in [7, 11) is -3.97. The average molecular weight is 643 g/mol. The molecule has 2 heterocycles. The van der Waals surface area contributed by atoms with Crippen molar-refractivity contribution in [2.45, 2.75) is 83.0 Å². The zero-order valence-corrected chi connectivity index (χ0v) is 27.7. The molecule has 1 aliphatic rings. The molecule has 0 radical (unpaired) electrons. The maximum absolute atomic E-state index is 13.6. The highest BCUT2D eigenvalue weighted by molar-refractivity contribution is 7.89. The van der Waals surface area contributed by atoms with Gasteiger partial charge in [-0.05, 0) is 72.1 Å². The van der Waals surface area contributed by atoms with E-state index < -0.39 is 33.3 Å². The molecule has 0 bridgehead atoms. The summed E-state index contributed by atoms with van der Waals surface area (Å²) in [6, 6.07) is 13.9. The third-order valence-corrected chi connectivity index (χ3v) is 9.40. The summed E-state index contributed by atoms with van der Waals surface area (Å²) in [6.07, 6.45) is 2.72. The minimum absolute atomic E-state index is 0.00527. The number of ether oxygens (including phenoxy) is 1. The topological polar surface area (TPSA) is 142 Å². The van der Waals surface area contributed by atoms with Gasteiger partial charge in [0.1, 0.15) is 5.60 Å². The van der Waals surface area contributed by atoms with E-state index in [0.717, 1.165) is 23.5 Å². The van der Waals surface area contributed by atoms with Crippen LogP contribution in [-0.2, 0) is 21.3 Å². The number of nitrogens with one attached hydrogen (secondary N) is 4. The fourth-order valence-corrected chi connectivity index (χ4v) is 7.40. The van der Waals surface area contributed by atoms with Gasteiger partial charge in [-0.15, -0.1) is 0 Å². The summed E-state index contributed by atoms with van der Waals surface area (Å²) >= 11 is 1.40. The smallest absolute Gasteiger partial charge is 0.407 e. The van der Waals surface area contributed by atoms with Crippen molar-refractivity contribution >= 4 is 44.3 Å². The van der Waals surface area contributed by atoms with Gasteiger partial charge in [-0.25, -0.2) is 27.7 Å². The summed E-state index contributed by atoms with van der Waals surface area (Å²) in [5, 5.41) is 9.26. The molecule has 4 N–H and O–H groups in total. The van der Waals surface area contributed by atoms with Gasteiger partial charge in [0.15, 0.2) is 5.13 Å². The number of thiazole rings is 1. The lowest BCUT2D eigenvalue weighted by molar-refractivity contribution is 0.0497. The van der Waals surface area contributed by atoms with Crippen LogP contribution in [0.2, 0.25) is 0 Å². The molecular formula is C31H42N6O5S2. The lowest BCUT2D eigenvalue weighted by atomic mass is 10.1. The number of nitrogens with zero attached hydrogens (tertiary/aromatic N) is 2. The van der Waals surface area contributed by atoms with E-state index in [1.54, 1.807) is 39.1 Å². The number of hydrogen-bond donors (Lipinski definition) is 4. The molecule has 11 nitrogen and oxygen atoms in total. The van der Waals surface area contributed by atoms with Crippen LogP contribution >= 0.6 is 11.3 Å². The van der Waals surface area contributed by atoms with Crippen molar-refractivity contribution in [3.8, 4) is 10.4 Å². The number of urea groups is 1. The minimum atomic E-state index is -3.97. The van der Waals surface area contributed by atoms with Crippen molar-refractivity contribution in [3.05, 3.63) is 60.3 Å². The molecule has 1 fully saturated rings. The highest BCUT2D eigenvalue weighted by Gasteiger charge is 2.28. The van der Waals surface area contributed by atoms with Gasteiger partial charge in [0, 0.05) is 48.7 Å². The number of piperidine rings is 1. The maximum Gasteiger partial charge on any atom is 0.407 e. The predicted octanol–water partition coefficient (Wildman–Crippen LogP) is 5.70. The van der Waals surface area contributed by atoms with Gasteiger partial charge in [-0.1, -0.05) is 47.7 Å². The normalized spacial score (nSPS) is 14.6. The number of amides is 3. The third-order valence-electron chi connectivity index (χ3n) is 6.51. The maximum atomic E-state index is 13.6. The van der Waals surface area contributed by atoms with E-state index in [1.165, 1.54) is 17.4 Å². The molecule has 0 saturated carbocycles.